The monoisotopic (exact) mass is 289 g/mol. The van der Waals surface area contributed by atoms with Crippen LogP contribution in [-0.2, 0) is 4.79 Å². The molecule has 2 aromatic rings. The van der Waals surface area contributed by atoms with Crippen molar-refractivity contribution in [1.29, 1.82) is 0 Å². The normalized spacial score (nSPS) is 10.1. The van der Waals surface area contributed by atoms with Gasteiger partial charge >= 0.3 is 0 Å². The summed E-state index contributed by atoms with van der Waals surface area (Å²) in [4.78, 5) is 11.7. The number of nitrogens with one attached hydrogen (secondary N) is 1. The van der Waals surface area contributed by atoms with Crippen LogP contribution in [0.1, 0.15) is 12.8 Å². The second kappa shape index (κ2) is 7.56. The van der Waals surface area contributed by atoms with Crippen LogP contribution in [0.4, 0.5) is 5.69 Å². The largest absolute Gasteiger partial charge is 0.494 e. The Hall–Kier alpha value is -2.00. The molecule has 0 heterocycles. The van der Waals surface area contributed by atoms with Crippen molar-refractivity contribution < 1.29 is 9.53 Å². The van der Waals surface area contributed by atoms with E-state index in [-0.39, 0.29) is 5.91 Å². The standard InChI is InChI=1S/C16H16ClNO2/c17-13-6-4-7-14(12-13)18-16(19)10-5-11-20-15-8-2-1-3-9-15/h1-4,6-9,12H,5,10-11H2,(H,18,19). The molecule has 0 aromatic heterocycles. The van der Waals surface area contributed by atoms with E-state index >= 15 is 0 Å². The van der Waals surface area contributed by atoms with Crippen LogP contribution in [0.15, 0.2) is 54.6 Å². The zero-order valence-electron chi connectivity index (χ0n) is 11.0. The smallest absolute Gasteiger partial charge is 0.224 e. The zero-order valence-corrected chi connectivity index (χ0v) is 11.8. The van der Waals surface area contributed by atoms with Gasteiger partial charge in [0.15, 0.2) is 0 Å². The van der Waals surface area contributed by atoms with Crippen LogP contribution in [0.5, 0.6) is 5.75 Å². The molecule has 0 aliphatic carbocycles. The number of carbonyl (C=O) groups is 1. The molecule has 104 valence electrons. The van der Waals surface area contributed by atoms with Crippen LogP contribution in [0, 0.1) is 0 Å². The predicted molar refractivity (Wildman–Crippen MR) is 81.3 cm³/mol. The van der Waals surface area contributed by atoms with Gasteiger partial charge in [0, 0.05) is 17.1 Å². The Bertz CT molecular complexity index is 557. The molecule has 4 heteroatoms. The highest BCUT2D eigenvalue weighted by Gasteiger charge is 2.03. The minimum atomic E-state index is -0.0380. The minimum Gasteiger partial charge on any atom is -0.494 e. The number of benzene rings is 2. The Labute approximate surface area is 123 Å². The van der Waals surface area contributed by atoms with Gasteiger partial charge in [-0.3, -0.25) is 4.79 Å². The maximum atomic E-state index is 11.7. The third kappa shape index (κ3) is 4.94. The van der Waals surface area contributed by atoms with Crippen molar-refractivity contribution >= 4 is 23.2 Å². The molecule has 0 aliphatic rings. The first-order valence-electron chi connectivity index (χ1n) is 6.47. The molecule has 0 saturated heterocycles. The first-order valence-corrected chi connectivity index (χ1v) is 6.85. The summed E-state index contributed by atoms with van der Waals surface area (Å²) in [6.45, 7) is 0.521. The second-order valence-electron chi connectivity index (χ2n) is 4.32. The average Bonchev–Trinajstić information content (AvgIpc) is 2.45. The van der Waals surface area contributed by atoms with E-state index in [0.717, 1.165) is 5.75 Å². The van der Waals surface area contributed by atoms with Crippen molar-refractivity contribution in [1.82, 2.24) is 0 Å². The van der Waals surface area contributed by atoms with Gasteiger partial charge in [0.2, 0.25) is 5.91 Å². The highest BCUT2D eigenvalue weighted by molar-refractivity contribution is 6.30. The summed E-state index contributed by atoms with van der Waals surface area (Å²) in [6, 6.07) is 16.7. The highest BCUT2D eigenvalue weighted by Crippen LogP contribution is 2.15. The summed E-state index contributed by atoms with van der Waals surface area (Å²) in [5, 5.41) is 3.41. The van der Waals surface area contributed by atoms with Gasteiger partial charge in [-0.1, -0.05) is 35.9 Å². The van der Waals surface area contributed by atoms with Gasteiger partial charge in [0.1, 0.15) is 5.75 Å². The molecule has 2 aromatic carbocycles. The lowest BCUT2D eigenvalue weighted by atomic mass is 10.2. The number of carbonyl (C=O) groups excluding carboxylic acids is 1. The van der Waals surface area contributed by atoms with Crippen molar-refractivity contribution in [2.24, 2.45) is 0 Å². The molecule has 0 fully saturated rings. The number of rotatable bonds is 6. The maximum absolute atomic E-state index is 11.7. The van der Waals surface area contributed by atoms with Crippen molar-refractivity contribution in [3.05, 3.63) is 59.6 Å². The molecular weight excluding hydrogens is 274 g/mol. The third-order valence-corrected chi connectivity index (χ3v) is 2.90. The number of ether oxygens (including phenoxy) is 1. The molecule has 0 spiro atoms. The topological polar surface area (TPSA) is 38.3 Å². The number of amides is 1. The molecule has 1 amide bonds. The van der Waals surface area contributed by atoms with Crippen molar-refractivity contribution in [3.63, 3.8) is 0 Å². The third-order valence-electron chi connectivity index (χ3n) is 2.67. The van der Waals surface area contributed by atoms with E-state index in [2.05, 4.69) is 5.32 Å². The van der Waals surface area contributed by atoms with E-state index in [1.807, 2.05) is 36.4 Å². The number of anilines is 1. The highest BCUT2D eigenvalue weighted by atomic mass is 35.5. The van der Waals surface area contributed by atoms with Gasteiger partial charge < -0.3 is 10.1 Å². The van der Waals surface area contributed by atoms with Crippen molar-refractivity contribution in [3.8, 4) is 5.75 Å². The molecule has 3 nitrogen and oxygen atoms in total. The molecule has 2 rings (SSSR count). The lowest BCUT2D eigenvalue weighted by Crippen LogP contribution is -2.12. The molecule has 0 unspecified atom stereocenters. The Kier molecular flexibility index (Phi) is 5.44. The molecule has 20 heavy (non-hydrogen) atoms. The average molecular weight is 290 g/mol. The molecular formula is C16H16ClNO2. The summed E-state index contributed by atoms with van der Waals surface area (Å²) in [5.41, 5.74) is 0.714. The number of hydrogen-bond donors (Lipinski definition) is 1. The summed E-state index contributed by atoms with van der Waals surface area (Å²) < 4.78 is 5.52. The maximum Gasteiger partial charge on any atom is 0.224 e. The molecule has 0 saturated carbocycles. The van der Waals surface area contributed by atoms with Gasteiger partial charge in [-0.15, -0.1) is 0 Å². The second-order valence-corrected chi connectivity index (χ2v) is 4.76. The van der Waals surface area contributed by atoms with E-state index in [1.54, 1.807) is 18.2 Å². The first kappa shape index (κ1) is 14.4. The van der Waals surface area contributed by atoms with Crippen LogP contribution in [0.3, 0.4) is 0 Å². The van der Waals surface area contributed by atoms with Gasteiger partial charge in [-0.25, -0.2) is 0 Å². The van der Waals surface area contributed by atoms with Crippen LogP contribution in [0.2, 0.25) is 5.02 Å². The summed E-state index contributed by atoms with van der Waals surface area (Å²) in [6.07, 6.45) is 1.08. The number of hydrogen-bond acceptors (Lipinski definition) is 2. The van der Waals surface area contributed by atoms with Gasteiger partial charge in [-0.2, -0.15) is 0 Å². The van der Waals surface area contributed by atoms with Gasteiger partial charge in [0.25, 0.3) is 0 Å². The SMILES string of the molecule is O=C(CCCOc1ccccc1)Nc1cccc(Cl)c1. The Morgan fingerprint density at radius 2 is 1.90 bits per heavy atom. The van der Waals surface area contributed by atoms with Crippen LogP contribution >= 0.6 is 11.6 Å². The van der Waals surface area contributed by atoms with Crippen molar-refractivity contribution in [2.45, 2.75) is 12.8 Å². The quantitative estimate of drug-likeness (QED) is 0.812. The molecule has 0 atom stereocenters. The summed E-state index contributed by atoms with van der Waals surface area (Å²) >= 11 is 5.85. The number of halogens is 1. The first-order chi connectivity index (χ1) is 9.74. The Balaban J connectivity index is 1.68. The summed E-state index contributed by atoms with van der Waals surface area (Å²) in [5.74, 6) is 0.784. The van der Waals surface area contributed by atoms with E-state index in [0.29, 0.717) is 30.2 Å². The van der Waals surface area contributed by atoms with E-state index in [1.165, 1.54) is 0 Å². The molecule has 0 aliphatic heterocycles. The Morgan fingerprint density at radius 3 is 2.65 bits per heavy atom. The van der Waals surface area contributed by atoms with E-state index < -0.39 is 0 Å². The molecule has 0 bridgehead atoms. The Morgan fingerprint density at radius 1 is 1.10 bits per heavy atom. The zero-order chi connectivity index (χ0) is 14.2. The van der Waals surface area contributed by atoms with Crippen LogP contribution in [0.25, 0.3) is 0 Å². The van der Waals surface area contributed by atoms with E-state index in [4.69, 9.17) is 16.3 Å². The fourth-order valence-corrected chi connectivity index (χ4v) is 1.92. The molecule has 0 radical (unpaired) electrons. The fraction of sp³-hybridized carbons (Fsp3) is 0.188. The van der Waals surface area contributed by atoms with Gasteiger partial charge in [0.05, 0.1) is 6.61 Å². The molecule has 1 N–H and O–H groups in total. The predicted octanol–water partition coefficient (Wildman–Crippen LogP) is 4.14. The minimum absolute atomic E-state index is 0.0380. The fourth-order valence-electron chi connectivity index (χ4n) is 1.73. The lowest BCUT2D eigenvalue weighted by molar-refractivity contribution is -0.116. The van der Waals surface area contributed by atoms with Crippen LogP contribution < -0.4 is 10.1 Å². The summed E-state index contributed by atoms with van der Waals surface area (Å²) in [7, 11) is 0. The van der Waals surface area contributed by atoms with Crippen molar-refractivity contribution in [2.75, 3.05) is 11.9 Å². The van der Waals surface area contributed by atoms with E-state index in [9.17, 15) is 4.79 Å². The number of para-hydroxylation sites is 1. The van der Waals surface area contributed by atoms with Crippen LogP contribution in [-0.4, -0.2) is 12.5 Å². The van der Waals surface area contributed by atoms with Gasteiger partial charge in [-0.05, 0) is 36.8 Å². The lowest BCUT2D eigenvalue weighted by Gasteiger charge is -2.07.